The molecule has 0 bridgehead atoms. The molecule has 0 spiro atoms. The fourth-order valence-corrected chi connectivity index (χ4v) is 1.97. The Morgan fingerprint density at radius 2 is 2.08 bits per heavy atom. The molecule has 0 atom stereocenters. The summed E-state index contributed by atoms with van der Waals surface area (Å²) in [4.78, 5) is 2.23. The molecule has 0 radical (unpaired) electrons. The minimum atomic E-state index is -0.403. The van der Waals surface area contributed by atoms with Crippen molar-refractivity contribution in [2.24, 2.45) is 0 Å². The van der Waals surface area contributed by atoms with Gasteiger partial charge in [-0.1, -0.05) is 19.3 Å². The molecule has 1 heterocycles. The van der Waals surface area contributed by atoms with E-state index in [4.69, 9.17) is 6.42 Å². The van der Waals surface area contributed by atoms with Gasteiger partial charge in [-0.05, 0) is 19.3 Å². The van der Waals surface area contributed by atoms with E-state index in [1.165, 1.54) is 0 Å². The van der Waals surface area contributed by atoms with Crippen LogP contribution in [0.4, 0.5) is 0 Å². The quantitative estimate of drug-likeness (QED) is 0.662. The maximum Gasteiger partial charge on any atom is 0.0672 e. The topological polar surface area (TPSA) is 23.5 Å². The van der Waals surface area contributed by atoms with Crippen LogP contribution in [-0.4, -0.2) is 35.2 Å². The Morgan fingerprint density at radius 1 is 1.46 bits per heavy atom. The number of likely N-dealkylation sites (tertiary alicyclic amines) is 1. The molecule has 0 aromatic rings. The second-order valence-electron chi connectivity index (χ2n) is 3.95. The summed E-state index contributed by atoms with van der Waals surface area (Å²) in [5.74, 6) is 2.64. The van der Waals surface area contributed by atoms with E-state index in [2.05, 4.69) is 17.7 Å². The van der Waals surface area contributed by atoms with Crippen LogP contribution < -0.4 is 0 Å². The lowest BCUT2D eigenvalue weighted by atomic mass is 9.87. The van der Waals surface area contributed by atoms with Crippen molar-refractivity contribution in [2.45, 2.75) is 38.2 Å². The van der Waals surface area contributed by atoms with E-state index in [-0.39, 0.29) is 0 Å². The van der Waals surface area contributed by atoms with Crippen molar-refractivity contribution in [1.82, 2.24) is 4.90 Å². The molecule has 1 saturated heterocycles. The van der Waals surface area contributed by atoms with Crippen LogP contribution in [0.5, 0.6) is 0 Å². The van der Waals surface area contributed by atoms with E-state index in [0.29, 0.717) is 0 Å². The van der Waals surface area contributed by atoms with Crippen molar-refractivity contribution in [3.8, 4) is 12.3 Å². The van der Waals surface area contributed by atoms with E-state index in [1.807, 2.05) is 0 Å². The van der Waals surface area contributed by atoms with E-state index in [0.717, 1.165) is 45.3 Å². The Morgan fingerprint density at radius 3 is 2.54 bits per heavy atom. The molecular formula is C11H19NO. The highest BCUT2D eigenvalue weighted by molar-refractivity contribution is 4.92. The van der Waals surface area contributed by atoms with Gasteiger partial charge >= 0.3 is 0 Å². The molecule has 1 fully saturated rings. The lowest BCUT2D eigenvalue weighted by molar-refractivity contribution is -0.0252. The molecule has 74 valence electrons. The van der Waals surface area contributed by atoms with Crippen molar-refractivity contribution in [2.75, 3.05) is 19.6 Å². The molecule has 2 heteroatoms. The number of hydrogen-bond acceptors (Lipinski definition) is 2. The van der Waals surface area contributed by atoms with Crippen molar-refractivity contribution in [3.05, 3.63) is 0 Å². The SMILES string of the molecule is C#CCN1CCC(O)(CCC)CC1. The monoisotopic (exact) mass is 181 g/mol. The number of aliphatic hydroxyl groups is 1. The van der Waals surface area contributed by atoms with Gasteiger partial charge in [-0.15, -0.1) is 6.42 Å². The highest BCUT2D eigenvalue weighted by Crippen LogP contribution is 2.26. The van der Waals surface area contributed by atoms with Crippen LogP contribution in [0.2, 0.25) is 0 Å². The number of nitrogens with zero attached hydrogens (tertiary/aromatic N) is 1. The van der Waals surface area contributed by atoms with Gasteiger partial charge in [0.05, 0.1) is 12.1 Å². The predicted molar refractivity (Wildman–Crippen MR) is 54.4 cm³/mol. The van der Waals surface area contributed by atoms with Gasteiger partial charge in [0.15, 0.2) is 0 Å². The number of rotatable bonds is 3. The molecule has 1 rings (SSSR count). The second-order valence-corrected chi connectivity index (χ2v) is 3.95. The Kier molecular flexibility index (Phi) is 3.77. The van der Waals surface area contributed by atoms with Crippen LogP contribution in [0.25, 0.3) is 0 Å². The summed E-state index contributed by atoms with van der Waals surface area (Å²) in [6.07, 6.45) is 8.98. The molecule has 13 heavy (non-hydrogen) atoms. The van der Waals surface area contributed by atoms with Crippen LogP contribution >= 0.6 is 0 Å². The van der Waals surface area contributed by atoms with Gasteiger partial charge in [0, 0.05) is 13.1 Å². The molecule has 0 aromatic heterocycles. The van der Waals surface area contributed by atoms with E-state index < -0.39 is 5.60 Å². The Balaban J connectivity index is 2.34. The lowest BCUT2D eigenvalue weighted by Crippen LogP contribution is -2.44. The zero-order valence-corrected chi connectivity index (χ0v) is 8.42. The number of piperidine rings is 1. The summed E-state index contributed by atoms with van der Waals surface area (Å²) < 4.78 is 0. The van der Waals surface area contributed by atoms with E-state index >= 15 is 0 Å². The van der Waals surface area contributed by atoms with E-state index in [9.17, 15) is 5.11 Å². The minimum absolute atomic E-state index is 0.403. The van der Waals surface area contributed by atoms with Crippen LogP contribution in [-0.2, 0) is 0 Å². The Labute approximate surface area is 80.9 Å². The van der Waals surface area contributed by atoms with Gasteiger partial charge in [0.25, 0.3) is 0 Å². The summed E-state index contributed by atoms with van der Waals surface area (Å²) in [6.45, 7) is 4.73. The van der Waals surface area contributed by atoms with Gasteiger partial charge in [0.1, 0.15) is 0 Å². The fourth-order valence-electron chi connectivity index (χ4n) is 1.97. The third kappa shape index (κ3) is 3.02. The van der Waals surface area contributed by atoms with Gasteiger partial charge < -0.3 is 5.11 Å². The lowest BCUT2D eigenvalue weighted by Gasteiger charge is -2.37. The first-order valence-corrected chi connectivity index (χ1v) is 5.08. The second kappa shape index (κ2) is 4.64. The molecule has 0 amide bonds. The summed E-state index contributed by atoms with van der Waals surface area (Å²) in [6, 6.07) is 0. The van der Waals surface area contributed by atoms with Crippen LogP contribution in [0.1, 0.15) is 32.6 Å². The summed E-state index contributed by atoms with van der Waals surface area (Å²) in [7, 11) is 0. The van der Waals surface area contributed by atoms with Crippen molar-refractivity contribution < 1.29 is 5.11 Å². The third-order valence-electron chi connectivity index (χ3n) is 2.82. The van der Waals surface area contributed by atoms with Crippen molar-refractivity contribution in [1.29, 1.82) is 0 Å². The predicted octanol–water partition coefficient (Wildman–Crippen LogP) is 1.25. The molecule has 0 saturated carbocycles. The first kappa shape index (κ1) is 10.6. The van der Waals surface area contributed by atoms with Gasteiger partial charge in [0.2, 0.25) is 0 Å². The third-order valence-corrected chi connectivity index (χ3v) is 2.82. The zero-order chi connectivity index (χ0) is 9.73. The smallest absolute Gasteiger partial charge is 0.0672 e. The van der Waals surface area contributed by atoms with Gasteiger partial charge in [-0.2, -0.15) is 0 Å². The molecule has 2 nitrogen and oxygen atoms in total. The molecule has 1 aliphatic heterocycles. The van der Waals surface area contributed by atoms with E-state index in [1.54, 1.807) is 0 Å². The van der Waals surface area contributed by atoms with Crippen LogP contribution in [0, 0.1) is 12.3 Å². The number of hydrogen-bond donors (Lipinski definition) is 1. The maximum atomic E-state index is 10.1. The largest absolute Gasteiger partial charge is 0.390 e. The molecule has 0 aliphatic carbocycles. The Bertz CT molecular complexity index is 187. The zero-order valence-electron chi connectivity index (χ0n) is 8.42. The standard InChI is InChI=1S/C11H19NO/c1-3-5-11(13)6-9-12(8-4-2)10-7-11/h2,13H,3,5-10H2,1H3. The van der Waals surface area contributed by atoms with Crippen molar-refractivity contribution in [3.63, 3.8) is 0 Å². The molecule has 1 N–H and O–H groups in total. The normalized spacial score (nSPS) is 22.5. The fraction of sp³-hybridized carbons (Fsp3) is 0.818. The summed E-state index contributed by atoms with van der Waals surface area (Å²) in [5, 5.41) is 10.1. The number of terminal acetylenes is 1. The van der Waals surface area contributed by atoms with Crippen LogP contribution in [0.15, 0.2) is 0 Å². The first-order valence-electron chi connectivity index (χ1n) is 5.08. The minimum Gasteiger partial charge on any atom is -0.390 e. The average molecular weight is 181 g/mol. The molecular weight excluding hydrogens is 162 g/mol. The highest BCUT2D eigenvalue weighted by Gasteiger charge is 2.30. The summed E-state index contributed by atoms with van der Waals surface area (Å²) in [5.41, 5.74) is -0.403. The summed E-state index contributed by atoms with van der Waals surface area (Å²) >= 11 is 0. The molecule has 0 aromatic carbocycles. The molecule has 0 unspecified atom stereocenters. The Hall–Kier alpha value is -0.520. The van der Waals surface area contributed by atoms with Gasteiger partial charge in [-0.25, -0.2) is 0 Å². The molecule has 1 aliphatic rings. The van der Waals surface area contributed by atoms with Crippen LogP contribution in [0.3, 0.4) is 0 Å². The maximum absolute atomic E-state index is 10.1. The highest BCUT2D eigenvalue weighted by atomic mass is 16.3. The van der Waals surface area contributed by atoms with Crippen molar-refractivity contribution >= 4 is 0 Å². The van der Waals surface area contributed by atoms with Gasteiger partial charge in [-0.3, -0.25) is 4.90 Å². The average Bonchev–Trinajstić information content (AvgIpc) is 2.10. The first-order chi connectivity index (χ1) is 6.20.